The highest BCUT2D eigenvalue weighted by atomic mass is 32.1. The first-order valence-electron chi connectivity index (χ1n) is 7.98. The maximum absolute atomic E-state index is 12.7. The monoisotopic (exact) mass is 351 g/mol. The van der Waals surface area contributed by atoms with Crippen molar-refractivity contribution in [1.82, 2.24) is 4.98 Å². The van der Waals surface area contributed by atoms with Gasteiger partial charge in [-0.25, -0.2) is 9.78 Å². The van der Waals surface area contributed by atoms with E-state index >= 15 is 0 Å². The van der Waals surface area contributed by atoms with Crippen molar-refractivity contribution in [2.45, 2.75) is 20.0 Å². The van der Waals surface area contributed by atoms with Gasteiger partial charge in [0.15, 0.2) is 5.78 Å². The van der Waals surface area contributed by atoms with E-state index in [0.29, 0.717) is 11.1 Å². The normalized spacial score (nSPS) is 10.4. The Morgan fingerprint density at radius 2 is 1.68 bits per heavy atom. The molecule has 0 unspecified atom stereocenters. The van der Waals surface area contributed by atoms with Crippen LogP contribution in [0.15, 0.2) is 60.0 Å². The molecule has 25 heavy (non-hydrogen) atoms. The minimum Gasteiger partial charge on any atom is -0.456 e. The van der Waals surface area contributed by atoms with Crippen molar-refractivity contribution in [3.8, 4) is 0 Å². The summed E-state index contributed by atoms with van der Waals surface area (Å²) in [4.78, 5) is 29.5. The van der Waals surface area contributed by atoms with E-state index in [-0.39, 0.29) is 18.0 Å². The summed E-state index contributed by atoms with van der Waals surface area (Å²) in [5, 5.41) is 2.89. The molecule has 5 heteroatoms. The van der Waals surface area contributed by atoms with Gasteiger partial charge in [0.2, 0.25) is 0 Å². The second-order valence-corrected chi connectivity index (χ2v) is 6.35. The van der Waals surface area contributed by atoms with E-state index in [2.05, 4.69) is 4.98 Å². The molecular formula is C20H17NO3S. The molecule has 3 rings (SSSR count). The van der Waals surface area contributed by atoms with Gasteiger partial charge in [-0.3, -0.25) is 4.79 Å². The van der Waals surface area contributed by atoms with Crippen LogP contribution >= 0.6 is 11.3 Å². The van der Waals surface area contributed by atoms with E-state index in [1.165, 1.54) is 0 Å². The van der Waals surface area contributed by atoms with Crippen molar-refractivity contribution in [3.05, 3.63) is 87.4 Å². The molecule has 0 fully saturated rings. The number of ketones is 1. The van der Waals surface area contributed by atoms with Crippen LogP contribution in [0.1, 0.15) is 43.9 Å². The van der Waals surface area contributed by atoms with Gasteiger partial charge < -0.3 is 4.74 Å². The van der Waals surface area contributed by atoms with E-state index in [4.69, 9.17) is 4.74 Å². The fourth-order valence-electron chi connectivity index (χ4n) is 2.40. The molecule has 0 aliphatic rings. The zero-order valence-corrected chi connectivity index (χ0v) is 14.6. The molecule has 4 nitrogen and oxygen atoms in total. The van der Waals surface area contributed by atoms with E-state index in [9.17, 15) is 9.59 Å². The van der Waals surface area contributed by atoms with Crippen LogP contribution in [0.3, 0.4) is 0 Å². The Hall–Kier alpha value is -2.79. The Kier molecular flexibility index (Phi) is 5.36. The molecule has 126 valence electrons. The van der Waals surface area contributed by atoms with Gasteiger partial charge in [0.1, 0.15) is 6.61 Å². The molecule has 2 aromatic carbocycles. The summed E-state index contributed by atoms with van der Waals surface area (Å²) >= 11 is 1.55. The molecule has 0 saturated carbocycles. The summed E-state index contributed by atoms with van der Waals surface area (Å²) in [5.41, 5.74) is 1.87. The van der Waals surface area contributed by atoms with E-state index in [1.54, 1.807) is 59.9 Å². The van der Waals surface area contributed by atoms with Crippen LogP contribution in [0.2, 0.25) is 0 Å². The molecule has 0 radical (unpaired) electrons. The second-order valence-electron chi connectivity index (χ2n) is 5.40. The second kappa shape index (κ2) is 7.85. The van der Waals surface area contributed by atoms with Gasteiger partial charge in [-0.2, -0.15) is 0 Å². The molecule has 1 heterocycles. The quantitative estimate of drug-likeness (QED) is 0.491. The lowest BCUT2D eigenvalue weighted by atomic mass is 9.98. The zero-order chi connectivity index (χ0) is 17.6. The highest BCUT2D eigenvalue weighted by Gasteiger charge is 2.19. The summed E-state index contributed by atoms with van der Waals surface area (Å²) in [6.07, 6.45) is 0.854. The first-order chi connectivity index (χ1) is 12.2. The molecule has 1 aromatic heterocycles. The summed E-state index contributed by atoms with van der Waals surface area (Å²) < 4.78 is 5.35. The third kappa shape index (κ3) is 4.00. The topological polar surface area (TPSA) is 56.3 Å². The van der Waals surface area contributed by atoms with Gasteiger partial charge in [0.05, 0.1) is 16.3 Å². The Balaban J connectivity index is 1.78. The SMILES string of the molecule is CCc1nc(COC(=O)c2ccccc2C(=O)c2ccccc2)cs1. The number of esters is 1. The smallest absolute Gasteiger partial charge is 0.339 e. The molecule has 0 aliphatic carbocycles. The number of rotatable bonds is 6. The number of aryl methyl sites for hydroxylation is 1. The van der Waals surface area contributed by atoms with Gasteiger partial charge >= 0.3 is 5.97 Å². The van der Waals surface area contributed by atoms with Gasteiger partial charge in [0.25, 0.3) is 0 Å². The van der Waals surface area contributed by atoms with Crippen LogP contribution in [0.25, 0.3) is 0 Å². The Morgan fingerprint density at radius 1 is 1.00 bits per heavy atom. The first kappa shape index (κ1) is 17.0. The van der Waals surface area contributed by atoms with Crippen LogP contribution in [-0.2, 0) is 17.8 Å². The number of carbonyl (C=O) groups excluding carboxylic acids is 2. The lowest BCUT2D eigenvalue weighted by Gasteiger charge is -2.08. The maximum atomic E-state index is 12.7. The number of benzene rings is 2. The Bertz CT molecular complexity index is 887. The van der Waals surface area contributed by atoms with Gasteiger partial charge in [-0.05, 0) is 12.5 Å². The van der Waals surface area contributed by atoms with Crippen molar-refractivity contribution in [2.24, 2.45) is 0 Å². The summed E-state index contributed by atoms with van der Waals surface area (Å²) in [6, 6.07) is 15.6. The molecule has 0 aliphatic heterocycles. The number of aromatic nitrogens is 1. The zero-order valence-electron chi connectivity index (χ0n) is 13.8. The average molecular weight is 351 g/mol. The van der Waals surface area contributed by atoms with Crippen LogP contribution in [-0.4, -0.2) is 16.7 Å². The number of hydrogen-bond acceptors (Lipinski definition) is 5. The summed E-state index contributed by atoms with van der Waals surface area (Å²) in [6.45, 7) is 2.13. The number of carbonyl (C=O) groups is 2. The Morgan fingerprint density at radius 3 is 2.36 bits per heavy atom. The molecule has 0 saturated heterocycles. The van der Waals surface area contributed by atoms with Crippen LogP contribution in [0.4, 0.5) is 0 Å². The van der Waals surface area contributed by atoms with Crippen molar-refractivity contribution < 1.29 is 14.3 Å². The number of nitrogens with zero attached hydrogens (tertiary/aromatic N) is 1. The van der Waals surface area contributed by atoms with Crippen LogP contribution in [0.5, 0.6) is 0 Å². The minimum atomic E-state index is -0.522. The number of thiazole rings is 1. The fraction of sp³-hybridized carbons (Fsp3) is 0.150. The molecule has 0 bridgehead atoms. The van der Waals surface area contributed by atoms with Crippen molar-refractivity contribution in [2.75, 3.05) is 0 Å². The number of hydrogen-bond donors (Lipinski definition) is 0. The lowest BCUT2D eigenvalue weighted by Crippen LogP contribution is -2.12. The van der Waals surface area contributed by atoms with E-state index in [0.717, 1.165) is 17.1 Å². The Labute approximate surface area is 150 Å². The summed E-state index contributed by atoms with van der Waals surface area (Å²) in [5.74, 6) is -0.721. The van der Waals surface area contributed by atoms with Crippen LogP contribution in [0, 0.1) is 0 Å². The van der Waals surface area contributed by atoms with Crippen molar-refractivity contribution in [1.29, 1.82) is 0 Å². The van der Waals surface area contributed by atoms with Gasteiger partial charge in [0, 0.05) is 16.5 Å². The largest absolute Gasteiger partial charge is 0.456 e. The summed E-state index contributed by atoms with van der Waals surface area (Å²) in [7, 11) is 0. The predicted molar refractivity (Wildman–Crippen MR) is 96.9 cm³/mol. The third-order valence-electron chi connectivity index (χ3n) is 3.68. The molecule has 0 amide bonds. The maximum Gasteiger partial charge on any atom is 0.339 e. The predicted octanol–water partition coefficient (Wildman–Crippen LogP) is 4.29. The third-order valence-corrected chi connectivity index (χ3v) is 4.72. The van der Waals surface area contributed by atoms with E-state index < -0.39 is 5.97 Å². The van der Waals surface area contributed by atoms with Gasteiger partial charge in [-0.1, -0.05) is 55.5 Å². The molecule has 0 spiro atoms. The molecular weight excluding hydrogens is 334 g/mol. The van der Waals surface area contributed by atoms with Gasteiger partial charge in [-0.15, -0.1) is 11.3 Å². The van der Waals surface area contributed by atoms with Crippen LogP contribution < -0.4 is 0 Å². The highest BCUT2D eigenvalue weighted by molar-refractivity contribution is 7.09. The molecule has 3 aromatic rings. The first-order valence-corrected chi connectivity index (χ1v) is 8.86. The van der Waals surface area contributed by atoms with Crippen molar-refractivity contribution >= 4 is 23.1 Å². The average Bonchev–Trinajstić information content (AvgIpc) is 3.14. The number of ether oxygens (including phenoxy) is 1. The molecule has 0 N–H and O–H groups in total. The highest BCUT2D eigenvalue weighted by Crippen LogP contribution is 2.17. The van der Waals surface area contributed by atoms with E-state index in [1.807, 2.05) is 18.4 Å². The fourth-order valence-corrected chi connectivity index (χ4v) is 3.13. The minimum absolute atomic E-state index is 0.100. The standard InChI is InChI=1S/C20H17NO3S/c1-2-18-21-15(13-25-18)12-24-20(23)17-11-7-6-10-16(17)19(22)14-8-4-3-5-9-14/h3-11,13H,2,12H2,1H3. The van der Waals surface area contributed by atoms with Crippen molar-refractivity contribution in [3.63, 3.8) is 0 Å². The lowest BCUT2D eigenvalue weighted by molar-refractivity contribution is 0.0465. The molecule has 0 atom stereocenters.